The molecule has 0 aromatic heterocycles. The zero-order valence-corrected chi connectivity index (χ0v) is 31.5. The molecule has 0 heterocycles. The molecule has 0 saturated carbocycles. The molecule has 0 fully saturated rings. The van der Waals surface area contributed by atoms with Crippen molar-refractivity contribution in [3.05, 3.63) is 101 Å². The molecule has 3 rings (SSSR count). The number of rotatable bonds is 14. The third-order valence-electron chi connectivity index (χ3n) is 8.07. The van der Waals surface area contributed by atoms with E-state index >= 15 is 0 Å². The van der Waals surface area contributed by atoms with Crippen LogP contribution in [-0.2, 0) is 36.7 Å². The summed E-state index contributed by atoms with van der Waals surface area (Å²) < 4.78 is 11.3. The Morgan fingerprint density at radius 2 is 1.27 bits per heavy atom. The molecule has 0 aliphatic carbocycles. The number of nitrogens with one attached hydrogen (secondary N) is 2. The number of esters is 1. The SMILES string of the molecule is CCCCN(C(=O)C(Cc1ccc(O)cc1)NC(=O)OC(C)(C)C)C(C(=O)NC(Cc1ccccc1)C(=O)OC(C)(C)C)c1c(C)cccc1C. The smallest absolute Gasteiger partial charge is 0.408 e. The highest BCUT2D eigenvalue weighted by Gasteiger charge is 2.39. The molecule has 3 atom stereocenters. The summed E-state index contributed by atoms with van der Waals surface area (Å²) in [6.45, 7) is 16.4. The molecule has 10 heteroatoms. The van der Waals surface area contributed by atoms with Crippen LogP contribution in [0.1, 0.15) is 95.2 Å². The molecule has 51 heavy (non-hydrogen) atoms. The van der Waals surface area contributed by atoms with Crippen molar-refractivity contribution in [1.29, 1.82) is 0 Å². The number of hydrogen-bond donors (Lipinski definition) is 3. The van der Waals surface area contributed by atoms with E-state index in [1.165, 1.54) is 17.0 Å². The maximum Gasteiger partial charge on any atom is 0.408 e. The van der Waals surface area contributed by atoms with Gasteiger partial charge in [-0.3, -0.25) is 9.59 Å². The Balaban J connectivity index is 2.15. The number of amides is 3. The van der Waals surface area contributed by atoms with E-state index in [9.17, 15) is 24.3 Å². The summed E-state index contributed by atoms with van der Waals surface area (Å²) in [6.07, 6.45) is 0.750. The zero-order valence-electron chi connectivity index (χ0n) is 31.5. The highest BCUT2D eigenvalue weighted by Crippen LogP contribution is 2.30. The van der Waals surface area contributed by atoms with Crippen molar-refractivity contribution in [3.63, 3.8) is 0 Å². The van der Waals surface area contributed by atoms with E-state index in [0.717, 1.165) is 23.1 Å². The minimum atomic E-state index is -1.16. The monoisotopic (exact) mass is 701 g/mol. The van der Waals surface area contributed by atoms with Crippen molar-refractivity contribution >= 4 is 23.9 Å². The van der Waals surface area contributed by atoms with Crippen LogP contribution in [0, 0.1) is 13.8 Å². The molecular formula is C41H55N3O7. The molecule has 276 valence electrons. The lowest BCUT2D eigenvalue weighted by Gasteiger charge is -2.36. The van der Waals surface area contributed by atoms with Gasteiger partial charge in [-0.1, -0.05) is 74.0 Å². The number of ether oxygens (including phenoxy) is 2. The molecule has 3 aromatic rings. The molecular weight excluding hydrogens is 646 g/mol. The summed E-state index contributed by atoms with van der Waals surface area (Å²) in [5, 5.41) is 15.6. The van der Waals surface area contributed by atoms with Crippen LogP contribution in [0.15, 0.2) is 72.8 Å². The Hall–Kier alpha value is -4.86. The fourth-order valence-corrected chi connectivity index (χ4v) is 5.77. The van der Waals surface area contributed by atoms with Gasteiger partial charge in [-0.05, 0) is 102 Å². The molecule has 0 saturated heterocycles. The van der Waals surface area contributed by atoms with Gasteiger partial charge in [0.2, 0.25) is 11.8 Å². The van der Waals surface area contributed by atoms with E-state index in [4.69, 9.17) is 9.47 Å². The molecule has 0 bridgehead atoms. The Kier molecular flexibility index (Phi) is 14.2. The molecule has 3 amide bonds. The van der Waals surface area contributed by atoms with Gasteiger partial charge in [0.1, 0.15) is 35.1 Å². The fourth-order valence-electron chi connectivity index (χ4n) is 5.77. The number of carbonyl (C=O) groups excluding carboxylic acids is 4. The second kappa shape index (κ2) is 17.9. The summed E-state index contributed by atoms with van der Waals surface area (Å²) in [4.78, 5) is 58.0. The first-order valence-electron chi connectivity index (χ1n) is 17.6. The molecule has 0 aliphatic heterocycles. The lowest BCUT2D eigenvalue weighted by molar-refractivity contribution is -0.159. The molecule has 0 spiro atoms. The van der Waals surface area contributed by atoms with Crippen molar-refractivity contribution in [3.8, 4) is 5.75 Å². The molecule has 10 nitrogen and oxygen atoms in total. The van der Waals surface area contributed by atoms with Gasteiger partial charge in [-0.25, -0.2) is 9.59 Å². The number of nitrogens with zero attached hydrogens (tertiary/aromatic N) is 1. The van der Waals surface area contributed by atoms with Gasteiger partial charge in [0, 0.05) is 19.4 Å². The highest BCUT2D eigenvalue weighted by molar-refractivity contribution is 5.94. The maximum absolute atomic E-state index is 14.9. The van der Waals surface area contributed by atoms with Gasteiger partial charge < -0.3 is 30.1 Å². The van der Waals surface area contributed by atoms with E-state index < -0.39 is 53.2 Å². The van der Waals surface area contributed by atoms with E-state index in [2.05, 4.69) is 10.6 Å². The van der Waals surface area contributed by atoms with E-state index in [0.29, 0.717) is 17.5 Å². The number of hydrogen-bond acceptors (Lipinski definition) is 7. The predicted octanol–water partition coefficient (Wildman–Crippen LogP) is 6.88. The van der Waals surface area contributed by atoms with Gasteiger partial charge in [-0.2, -0.15) is 0 Å². The molecule has 3 N–H and O–H groups in total. The van der Waals surface area contributed by atoms with Crippen LogP contribution in [0.2, 0.25) is 0 Å². The highest BCUT2D eigenvalue weighted by atomic mass is 16.6. The third kappa shape index (κ3) is 12.8. The number of phenolic OH excluding ortho intramolecular Hbond substituents is 1. The number of unbranched alkanes of at least 4 members (excludes halogenated alkanes) is 1. The summed E-state index contributed by atoms with van der Waals surface area (Å²) in [5.41, 5.74) is 2.08. The molecule has 0 radical (unpaired) electrons. The van der Waals surface area contributed by atoms with Crippen LogP contribution in [0.5, 0.6) is 5.75 Å². The van der Waals surface area contributed by atoms with Crippen molar-refractivity contribution in [2.75, 3.05) is 6.54 Å². The normalized spacial score (nSPS) is 13.4. The first-order valence-corrected chi connectivity index (χ1v) is 17.6. The van der Waals surface area contributed by atoms with Crippen LogP contribution < -0.4 is 10.6 Å². The topological polar surface area (TPSA) is 134 Å². The second-order valence-corrected chi connectivity index (χ2v) is 14.9. The first kappa shape index (κ1) is 40.6. The predicted molar refractivity (Wildman–Crippen MR) is 198 cm³/mol. The summed E-state index contributed by atoms with van der Waals surface area (Å²) >= 11 is 0. The van der Waals surface area contributed by atoms with Gasteiger partial charge in [0.25, 0.3) is 0 Å². The number of benzene rings is 3. The summed E-state index contributed by atoms with van der Waals surface area (Å²) in [5.74, 6) is -1.58. The van der Waals surface area contributed by atoms with E-state index in [1.807, 2.05) is 69.3 Å². The number of aromatic hydroxyl groups is 1. The van der Waals surface area contributed by atoms with Gasteiger partial charge >= 0.3 is 12.1 Å². The number of phenols is 1. The average Bonchev–Trinajstić information content (AvgIpc) is 3.02. The van der Waals surface area contributed by atoms with Crippen LogP contribution in [-0.4, -0.2) is 63.7 Å². The largest absolute Gasteiger partial charge is 0.508 e. The van der Waals surface area contributed by atoms with Crippen LogP contribution >= 0.6 is 0 Å². The van der Waals surface area contributed by atoms with Crippen molar-refractivity contribution in [1.82, 2.24) is 15.5 Å². The Labute approximate surface area is 302 Å². The lowest BCUT2D eigenvalue weighted by Crippen LogP contribution is -2.56. The molecule has 3 unspecified atom stereocenters. The second-order valence-electron chi connectivity index (χ2n) is 14.9. The fraction of sp³-hybridized carbons (Fsp3) is 0.463. The number of alkyl carbamates (subject to hydrolysis) is 1. The van der Waals surface area contributed by atoms with E-state index in [-0.39, 0.29) is 25.1 Å². The number of carbonyl (C=O) groups is 4. The Morgan fingerprint density at radius 3 is 1.82 bits per heavy atom. The van der Waals surface area contributed by atoms with Crippen LogP contribution in [0.4, 0.5) is 4.79 Å². The molecule has 3 aromatic carbocycles. The van der Waals surface area contributed by atoms with Gasteiger partial charge in [0.05, 0.1) is 0 Å². The summed E-state index contributed by atoms with van der Waals surface area (Å²) in [7, 11) is 0. The Morgan fingerprint density at radius 1 is 0.725 bits per heavy atom. The Bertz CT molecular complexity index is 1610. The third-order valence-corrected chi connectivity index (χ3v) is 8.07. The van der Waals surface area contributed by atoms with Crippen molar-refractivity contribution in [2.45, 2.75) is 117 Å². The number of aryl methyl sites for hydroxylation is 2. The van der Waals surface area contributed by atoms with Gasteiger partial charge in [-0.15, -0.1) is 0 Å². The van der Waals surface area contributed by atoms with Crippen molar-refractivity contribution in [2.24, 2.45) is 0 Å². The summed E-state index contributed by atoms with van der Waals surface area (Å²) in [6, 6.07) is 18.0. The van der Waals surface area contributed by atoms with Crippen LogP contribution in [0.3, 0.4) is 0 Å². The van der Waals surface area contributed by atoms with Gasteiger partial charge in [0.15, 0.2) is 0 Å². The standard InChI is InChI=1S/C41H55N3O7/c1-10-11-24-44(37(47)32(43-39(49)51-41(7,8)9)25-30-20-22-31(45)23-21-30)35(34-27(2)16-15-17-28(34)3)36(46)42-33(38(48)50-40(4,5)6)26-29-18-13-12-14-19-29/h12-23,32-33,35,45H,10-11,24-26H2,1-9H3,(H,42,46)(H,43,49). The first-order chi connectivity index (χ1) is 23.9. The quantitative estimate of drug-likeness (QED) is 0.156. The average molecular weight is 702 g/mol. The van der Waals surface area contributed by atoms with E-state index in [1.54, 1.807) is 53.7 Å². The zero-order chi connectivity index (χ0) is 37.9. The molecule has 0 aliphatic rings. The van der Waals surface area contributed by atoms with Crippen LogP contribution in [0.25, 0.3) is 0 Å². The minimum Gasteiger partial charge on any atom is -0.508 e. The van der Waals surface area contributed by atoms with Crippen molar-refractivity contribution < 1.29 is 33.8 Å². The maximum atomic E-state index is 14.9. The minimum absolute atomic E-state index is 0.0631. The lowest BCUT2D eigenvalue weighted by atomic mass is 9.92.